The lowest BCUT2D eigenvalue weighted by atomic mass is 10.1. The van der Waals surface area contributed by atoms with Gasteiger partial charge < -0.3 is 5.21 Å². The normalized spacial score (nSPS) is 10.9. The Kier molecular flexibility index (Phi) is 2.17. The molecule has 2 aliphatic rings. The van der Waals surface area contributed by atoms with Crippen LogP contribution in [-0.4, -0.2) is 20.8 Å². The number of aromatic nitrogens is 2. The van der Waals surface area contributed by atoms with Gasteiger partial charge in [0.05, 0.1) is 17.4 Å². The van der Waals surface area contributed by atoms with E-state index in [2.05, 4.69) is 4.98 Å². The molecule has 0 aromatic heterocycles. The first kappa shape index (κ1) is 10.5. The van der Waals surface area contributed by atoms with E-state index in [9.17, 15) is 10.0 Å². The van der Waals surface area contributed by atoms with Crippen molar-refractivity contribution in [1.82, 2.24) is 15.1 Å². The van der Waals surface area contributed by atoms with Crippen molar-refractivity contribution >= 4 is 16.8 Å². The molecule has 0 fully saturated rings. The zero-order valence-electron chi connectivity index (χ0n) is 9.29. The molecular weight excluding hydrogens is 232 g/mol. The number of nitrogens with two attached hydrogens (primary N) is 1. The maximum absolute atomic E-state index is 11.5. The highest BCUT2D eigenvalue weighted by atomic mass is 16.5. The summed E-state index contributed by atoms with van der Waals surface area (Å²) < 4.78 is 0.719. The van der Waals surface area contributed by atoms with Gasteiger partial charge in [-0.05, 0) is 12.1 Å². The Morgan fingerprint density at radius 1 is 1.39 bits per heavy atom. The number of nitrogens with zero attached hydrogens (tertiary/aromatic N) is 2. The van der Waals surface area contributed by atoms with Crippen LogP contribution in [-0.2, 0) is 0 Å². The van der Waals surface area contributed by atoms with Crippen LogP contribution in [0.1, 0.15) is 10.5 Å². The number of fused-ring (bicyclic) bond motifs is 3. The summed E-state index contributed by atoms with van der Waals surface area (Å²) in [5, 5.41) is 10.6. The Labute approximate surface area is 102 Å². The fourth-order valence-electron chi connectivity index (χ4n) is 2.01. The molecule has 6 nitrogen and oxygen atoms in total. The molecule has 1 aromatic carbocycles. The molecule has 0 bridgehead atoms. The van der Waals surface area contributed by atoms with Crippen molar-refractivity contribution in [1.29, 1.82) is 0 Å². The SMILES string of the molecule is NNC(=O)c1cc2c3ccccc3nc-2cn1O. The summed E-state index contributed by atoms with van der Waals surface area (Å²) in [6, 6.07) is 9.13. The number of rotatable bonds is 1. The van der Waals surface area contributed by atoms with E-state index in [-0.39, 0.29) is 5.69 Å². The third kappa shape index (κ3) is 1.40. The van der Waals surface area contributed by atoms with Gasteiger partial charge in [-0.15, -0.1) is 0 Å². The topological polar surface area (TPSA) is 93.2 Å². The molecule has 4 N–H and O–H groups in total. The molecule has 0 saturated carbocycles. The summed E-state index contributed by atoms with van der Waals surface area (Å²) >= 11 is 0. The summed E-state index contributed by atoms with van der Waals surface area (Å²) in [6.07, 6.45) is 1.39. The second kappa shape index (κ2) is 3.71. The highest BCUT2D eigenvalue weighted by Crippen LogP contribution is 2.31. The number of hydrogen-bond donors (Lipinski definition) is 3. The second-order valence-corrected chi connectivity index (χ2v) is 3.90. The molecule has 1 amide bonds. The van der Waals surface area contributed by atoms with E-state index >= 15 is 0 Å². The molecule has 0 aliphatic carbocycles. The molecule has 0 spiro atoms. The number of carbonyl (C=O) groups excluding carboxylic acids is 1. The lowest BCUT2D eigenvalue weighted by Crippen LogP contribution is -2.32. The lowest BCUT2D eigenvalue weighted by molar-refractivity contribution is 0.0899. The summed E-state index contributed by atoms with van der Waals surface area (Å²) in [5.74, 6) is 4.50. The maximum Gasteiger partial charge on any atom is 0.285 e. The lowest BCUT2D eigenvalue weighted by Gasteiger charge is -2.08. The highest BCUT2D eigenvalue weighted by Gasteiger charge is 2.17. The van der Waals surface area contributed by atoms with Crippen molar-refractivity contribution in [3.8, 4) is 11.3 Å². The van der Waals surface area contributed by atoms with Gasteiger partial charge in [0.2, 0.25) is 0 Å². The van der Waals surface area contributed by atoms with E-state index < -0.39 is 5.91 Å². The van der Waals surface area contributed by atoms with Crippen LogP contribution < -0.4 is 11.3 Å². The van der Waals surface area contributed by atoms with Crippen LogP contribution in [0.15, 0.2) is 36.5 Å². The first-order valence-corrected chi connectivity index (χ1v) is 5.32. The zero-order valence-corrected chi connectivity index (χ0v) is 9.29. The van der Waals surface area contributed by atoms with Gasteiger partial charge in [-0.3, -0.25) is 10.2 Å². The number of pyridine rings is 1. The smallest absolute Gasteiger partial charge is 0.285 e. The monoisotopic (exact) mass is 242 g/mol. The fraction of sp³-hybridized carbons (Fsp3) is 0. The van der Waals surface area contributed by atoms with Crippen molar-refractivity contribution in [3.63, 3.8) is 0 Å². The van der Waals surface area contributed by atoms with Crippen LogP contribution in [0.2, 0.25) is 0 Å². The Hall–Kier alpha value is -2.60. The number of benzene rings is 1. The fourth-order valence-corrected chi connectivity index (χ4v) is 2.01. The van der Waals surface area contributed by atoms with E-state index in [1.54, 1.807) is 6.07 Å². The minimum atomic E-state index is -0.565. The highest BCUT2D eigenvalue weighted by molar-refractivity contribution is 6.00. The van der Waals surface area contributed by atoms with Crippen LogP contribution in [0.3, 0.4) is 0 Å². The molecular formula is C12H10N4O2. The van der Waals surface area contributed by atoms with Gasteiger partial charge in [-0.25, -0.2) is 10.8 Å². The first-order valence-electron chi connectivity index (χ1n) is 5.32. The van der Waals surface area contributed by atoms with Crippen LogP contribution in [0.25, 0.3) is 22.2 Å². The molecule has 0 unspecified atom stereocenters. The summed E-state index contributed by atoms with van der Waals surface area (Å²) in [7, 11) is 0. The number of hydrazine groups is 1. The predicted octanol–water partition coefficient (Wildman–Crippen LogP) is 0.982. The van der Waals surface area contributed by atoms with Gasteiger partial charge in [-0.1, -0.05) is 18.2 Å². The third-order valence-corrected chi connectivity index (χ3v) is 2.85. The van der Waals surface area contributed by atoms with Crippen LogP contribution in [0.5, 0.6) is 0 Å². The summed E-state index contributed by atoms with van der Waals surface area (Å²) in [5.41, 5.74) is 4.28. The van der Waals surface area contributed by atoms with Crippen molar-refractivity contribution in [2.75, 3.05) is 0 Å². The van der Waals surface area contributed by atoms with Crippen LogP contribution >= 0.6 is 0 Å². The van der Waals surface area contributed by atoms with Crippen molar-refractivity contribution < 1.29 is 10.0 Å². The average Bonchev–Trinajstić information content (AvgIpc) is 2.74. The Morgan fingerprint density at radius 3 is 2.94 bits per heavy atom. The maximum atomic E-state index is 11.5. The molecule has 3 rings (SSSR count). The Balaban J connectivity index is 2.35. The molecule has 90 valence electrons. The molecule has 1 aromatic rings. The van der Waals surface area contributed by atoms with Crippen molar-refractivity contribution in [2.45, 2.75) is 0 Å². The third-order valence-electron chi connectivity index (χ3n) is 2.85. The van der Waals surface area contributed by atoms with Gasteiger partial charge in [0.1, 0.15) is 5.69 Å². The molecule has 6 heteroatoms. The Morgan fingerprint density at radius 2 is 2.17 bits per heavy atom. The summed E-state index contributed by atoms with van der Waals surface area (Å²) in [4.78, 5) is 15.9. The molecule has 0 atom stereocenters. The van der Waals surface area contributed by atoms with E-state index in [1.807, 2.05) is 29.7 Å². The van der Waals surface area contributed by atoms with Gasteiger partial charge in [0.15, 0.2) is 0 Å². The average molecular weight is 242 g/mol. The van der Waals surface area contributed by atoms with Gasteiger partial charge in [0.25, 0.3) is 5.91 Å². The number of nitrogens with one attached hydrogen (secondary N) is 1. The predicted molar refractivity (Wildman–Crippen MR) is 65.2 cm³/mol. The van der Waals surface area contributed by atoms with E-state index in [4.69, 9.17) is 5.84 Å². The molecule has 0 saturated heterocycles. The minimum absolute atomic E-state index is 0.0585. The number of nitrogen functional groups attached to an aromatic ring is 1. The largest absolute Gasteiger partial charge is 0.428 e. The van der Waals surface area contributed by atoms with Crippen molar-refractivity contribution in [3.05, 3.63) is 42.2 Å². The molecule has 2 heterocycles. The van der Waals surface area contributed by atoms with E-state index in [1.165, 1.54) is 6.20 Å². The molecule has 18 heavy (non-hydrogen) atoms. The van der Waals surface area contributed by atoms with E-state index in [0.717, 1.165) is 21.2 Å². The number of hydrogen-bond acceptors (Lipinski definition) is 4. The number of para-hydroxylation sites is 1. The zero-order chi connectivity index (χ0) is 12.7. The van der Waals surface area contributed by atoms with Gasteiger partial charge >= 0.3 is 0 Å². The van der Waals surface area contributed by atoms with Crippen molar-refractivity contribution in [2.24, 2.45) is 5.84 Å². The molecule has 0 radical (unpaired) electrons. The quantitative estimate of drug-likeness (QED) is 0.257. The Bertz CT molecular complexity index is 719. The number of amides is 1. The van der Waals surface area contributed by atoms with Crippen LogP contribution in [0, 0.1) is 0 Å². The van der Waals surface area contributed by atoms with E-state index in [0.29, 0.717) is 5.69 Å². The second-order valence-electron chi connectivity index (χ2n) is 3.90. The van der Waals surface area contributed by atoms with Crippen LogP contribution in [0.4, 0.5) is 0 Å². The molecule has 2 aliphatic heterocycles. The first-order chi connectivity index (χ1) is 8.70. The minimum Gasteiger partial charge on any atom is -0.428 e. The van der Waals surface area contributed by atoms with Gasteiger partial charge in [-0.2, -0.15) is 4.73 Å². The number of carbonyl (C=O) groups is 1. The standard InChI is InChI=1S/C12H10N4O2/c13-15-12(17)11-5-8-7-3-1-2-4-9(7)14-10(8)6-16(11)18/h1-6,18H,13H2,(H,15,17). The summed E-state index contributed by atoms with van der Waals surface area (Å²) in [6.45, 7) is 0. The van der Waals surface area contributed by atoms with Gasteiger partial charge in [0, 0.05) is 10.9 Å².